The van der Waals surface area contributed by atoms with Gasteiger partial charge in [-0.1, -0.05) is 32.0 Å². The van der Waals surface area contributed by atoms with Gasteiger partial charge in [0.1, 0.15) is 12.0 Å². The van der Waals surface area contributed by atoms with Gasteiger partial charge >= 0.3 is 0 Å². The molecule has 1 atom stereocenters. The Balaban J connectivity index is 3.38. The molecule has 5 heteroatoms. The predicted octanol–water partition coefficient (Wildman–Crippen LogP) is 2.48. The Hall–Kier alpha value is -1.55. The monoisotopic (exact) mass is 296 g/mol. The summed E-state index contributed by atoms with van der Waals surface area (Å²) in [6, 6.07) is 5.98. The number of nitrogens with zero attached hydrogens (tertiary/aromatic N) is 1. The van der Waals surface area contributed by atoms with Gasteiger partial charge in [-0.25, -0.2) is 0 Å². The number of halogens is 1. The fourth-order valence-corrected chi connectivity index (χ4v) is 2.43. The molecule has 0 radical (unpaired) electrons. The van der Waals surface area contributed by atoms with Crippen LogP contribution in [0.15, 0.2) is 18.2 Å². The van der Waals surface area contributed by atoms with Crippen molar-refractivity contribution in [3.63, 3.8) is 0 Å². The van der Waals surface area contributed by atoms with Gasteiger partial charge < -0.3 is 5.32 Å². The molecule has 110 valence electrons. The molecule has 0 aliphatic heterocycles. The van der Waals surface area contributed by atoms with Gasteiger partial charge in [0.25, 0.3) is 0 Å². The van der Waals surface area contributed by atoms with Gasteiger partial charge in [-0.15, -0.1) is 11.6 Å². The second kappa shape index (κ2) is 7.90. The lowest BCUT2D eigenvalue weighted by molar-refractivity contribution is -0.117. The number of carbonyl (C=O) groups excluding carboxylic acids is 2. The summed E-state index contributed by atoms with van der Waals surface area (Å²) in [6.07, 6.45) is 1.78. The lowest BCUT2D eigenvalue weighted by Gasteiger charge is -2.32. The molecule has 0 heterocycles. The van der Waals surface area contributed by atoms with Crippen molar-refractivity contribution in [3.8, 4) is 0 Å². The number of hydrogen-bond acceptors (Lipinski definition) is 2. The number of para-hydroxylation sites is 1. The van der Waals surface area contributed by atoms with Crippen LogP contribution in [0.25, 0.3) is 0 Å². The standard InChI is InChI=1S/C15H21ClN2O2/c1-4-12-7-6-8-13(5-2)15(12)18(14(20)9-16)11(3)17-10-19/h6-8,10-11H,4-5,9H2,1-3H3,(H,17,19). The quantitative estimate of drug-likeness (QED) is 0.477. The Labute approximate surface area is 125 Å². The second-order valence-corrected chi connectivity index (χ2v) is 4.76. The van der Waals surface area contributed by atoms with Crippen molar-refractivity contribution in [2.24, 2.45) is 0 Å². The van der Waals surface area contributed by atoms with E-state index < -0.39 is 6.17 Å². The molecule has 20 heavy (non-hydrogen) atoms. The molecule has 1 N–H and O–H groups in total. The Bertz CT molecular complexity index is 455. The van der Waals surface area contributed by atoms with Crippen molar-refractivity contribution in [1.29, 1.82) is 0 Å². The fraction of sp³-hybridized carbons (Fsp3) is 0.467. The molecular formula is C15H21ClN2O2. The molecule has 1 aromatic rings. The number of anilines is 1. The van der Waals surface area contributed by atoms with Crippen LogP contribution < -0.4 is 10.2 Å². The minimum absolute atomic E-state index is 0.119. The van der Waals surface area contributed by atoms with Crippen molar-refractivity contribution in [2.75, 3.05) is 10.8 Å². The number of alkyl halides is 1. The van der Waals surface area contributed by atoms with Crippen molar-refractivity contribution < 1.29 is 9.59 Å². The topological polar surface area (TPSA) is 49.4 Å². The molecule has 1 rings (SSSR count). The van der Waals surface area contributed by atoms with Crippen molar-refractivity contribution >= 4 is 29.6 Å². The molecular weight excluding hydrogens is 276 g/mol. The van der Waals surface area contributed by atoms with Crippen molar-refractivity contribution in [3.05, 3.63) is 29.3 Å². The van der Waals surface area contributed by atoms with Crippen molar-refractivity contribution in [2.45, 2.75) is 39.8 Å². The second-order valence-electron chi connectivity index (χ2n) is 4.49. The van der Waals surface area contributed by atoms with Gasteiger partial charge in [0, 0.05) is 0 Å². The zero-order valence-electron chi connectivity index (χ0n) is 12.1. The van der Waals surface area contributed by atoms with E-state index in [1.54, 1.807) is 11.8 Å². The van der Waals surface area contributed by atoms with E-state index in [1.807, 2.05) is 32.0 Å². The number of aryl methyl sites for hydroxylation is 2. The van der Waals surface area contributed by atoms with Crippen LogP contribution in [0.3, 0.4) is 0 Å². The summed E-state index contributed by atoms with van der Waals surface area (Å²) in [4.78, 5) is 24.5. The number of nitrogens with one attached hydrogen (secondary N) is 1. The van der Waals surface area contributed by atoms with Gasteiger partial charge in [-0.2, -0.15) is 0 Å². The van der Waals surface area contributed by atoms with Crippen LogP contribution in [0.2, 0.25) is 0 Å². The van der Waals surface area contributed by atoms with E-state index in [2.05, 4.69) is 5.32 Å². The van der Waals surface area contributed by atoms with E-state index in [9.17, 15) is 9.59 Å². The summed E-state index contributed by atoms with van der Waals surface area (Å²) in [5, 5.41) is 2.63. The highest BCUT2D eigenvalue weighted by atomic mass is 35.5. The summed E-state index contributed by atoms with van der Waals surface area (Å²) in [7, 11) is 0. The van der Waals surface area contributed by atoms with E-state index in [4.69, 9.17) is 11.6 Å². The Morgan fingerprint density at radius 1 is 1.35 bits per heavy atom. The first-order valence-corrected chi connectivity index (χ1v) is 7.32. The van der Waals surface area contributed by atoms with Crippen LogP contribution in [-0.2, 0) is 22.4 Å². The number of benzene rings is 1. The molecule has 0 spiro atoms. The van der Waals surface area contributed by atoms with E-state index in [0.717, 1.165) is 29.7 Å². The first kappa shape index (κ1) is 16.5. The normalized spacial score (nSPS) is 11.8. The zero-order chi connectivity index (χ0) is 15.1. The van der Waals surface area contributed by atoms with Crippen LogP contribution >= 0.6 is 11.6 Å². The van der Waals surface area contributed by atoms with Crippen LogP contribution in [0.5, 0.6) is 0 Å². The maximum Gasteiger partial charge on any atom is 0.243 e. The highest BCUT2D eigenvalue weighted by Gasteiger charge is 2.24. The molecule has 4 nitrogen and oxygen atoms in total. The third-order valence-electron chi connectivity index (χ3n) is 3.29. The summed E-state index contributed by atoms with van der Waals surface area (Å²) in [6.45, 7) is 5.85. The molecule has 0 saturated heterocycles. The molecule has 0 fully saturated rings. The molecule has 0 aromatic heterocycles. The highest BCUT2D eigenvalue weighted by molar-refractivity contribution is 6.29. The van der Waals surface area contributed by atoms with Crippen LogP contribution in [-0.4, -0.2) is 24.4 Å². The average molecular weight is 297 g/mol. The third kappa shape index (κ3) is 3.51. The van der Waals surface area contributed by atoms with E-state index in [-0.39, 0.29) is 11.8 Å². The van der Waals surface area contributed by atoms with Gasteiger partial charge in [0.15, 0.2) is 0 Å². The highest BCUT2D eigenvalue weighted by Crippen LogP contribution is 2.28. The molecule has 1 aromatic carbocycles. The fourth-order valence-electron chi connectivity index (χ4n) is 2.30. The number of hydrogen-bond donors (Lipinski definition) is 1. The third-order valence-corrected chi connectivity index (χ3v) is 3.51. The van der Waals surface area contributed by atoms with E-state index in [1.165, 1.54) is 0 Å². The zero-order valence-corrected chi connectivity index (χ0v) is 12.9. The first-order chi connectivity index (χ1) is 9.60. The van der Waals surface area contributed by atoms with Crippen LogP contribution in [0, 0.1) is 0 Å². The summed E-state index contributed by atoms with van der Waals surface area (Å²) < 4.78 is 0. The smallest absolute Gasteiger partial charge is 0.243 e. The maximum absolute atomic E-state index is 12.2. The van der Waals surface area contributed by atoms with Crippen molar-refractivity contribution in [1.82, 2.24) is 5.32 Å². The Morgan fingerprint density at radius 2 is 1.90 bits per heavy atom. The van der Waals surface area contributed by atoms with Gasteiger partial charge in [0.05, 0.1) is 5.69 Å². The maximum atomic E-state index is 12.2. The Morgan fingerprint density at radius 3 is 2.30 bits per heavy atom. The molecule has 0 aliphatic rings. The van der Waals surface area contributed by atoms with Gasteiger partial charge in [-0.3, -0.25) is 14.5 Å². The summed E-state index contributed by atoms with van der Waals surface area (Å²) in [5.74, 6) is -0.337. The lowest BCUT2D eigenvalue weighted by atomic mass is 10.0. The number of rotatable bonds is 7. The van der Waals surface area contributed by atoms with Gasteiger partial charge in [0.2, 0.25) is 12.3 Å². The first-order valence-electron chi connectivity index (χ1n) is 6.79. The molecule has 2 amide bonds. The van der Waals surface area contributed by atoms with Gasteiger partial charge in [-0.05, 0) is 30.9 Å². The number of carbonyl (C=O) groups is 2. The predicted molar refractivity (Wildman–Crippen MR) is 82.1 cm³/mol. The largest absolute Gasteiger partial charge is 0.338 e. The number of amides is 2. The minimum Gasteiger partial charge on any atom is -0.338 e. The van der Waals surface area contributed by atoms with Crippen LogP contribution in [0.1, 0.15) is 31.9 Å². The lowest BCUT2D eigenvalue weighted by Crippen LogP contribution is -2.48. The molecule has 1 unspecified atom stereocenters. The average Bonchev–Trinajstić information content (AvgIpc) is 2.47. The van der Waals surface area contributed by atoms with E-state index in [0.29, 0.717) is 6.41 Å². The summed E-state index contributed by atoms with van der Waals surface area (Å²) >= 11 is 5.72. The summed E-state index contributed by atoms with van der Waals surface area (Å²) in [5.41, 5.74) is 3.01. The SMILES string of the molecule is CCc1cccc(CC)c1N(C(=O)CCl)C(C)NC=O. The van der Waals surface area contributed by atoms with Crippen LogP contribution in [0.4, 0.5) is 5.69 Å². The molecule has 0 bridgehead atoms. The minimum atomic E-state index is -0.434. The Kier molecular flexibility index (Phi) is 6.52. The van der Waals surface area contributed by atoms with E-state index >= 15 is 0 Å². The molecule has 0 saturated carbocycles. The molecule has 0 aliphatic carbocycles.